The minimum absolute atomic E-state index is 0.0659. The van der Waals surface area contributed by atoms with E-state index >= 15 is 0 Å². The largest absolute Gasteiger partial charge is 0.497 e. The van der Waals surface area contributed by atoms with Crippen LogP contribution >= 0.6 is 0 Å². The molecule has 0 radical (unpaired) electrons. The highest BCUT2D eigenvalue weighted by Crippen LogP contribution is 2.33. The number of rotatable bonds is 6. The van der Waals surface area contributed by atoms with Gasteiger partial charge in [-0.1, -0.05) is 5.16 Å². The number of aromatic nitrogens is 2. The molecule has 0 bridgehead atoms. The monoisotopic (exact) mass is 370 g/mol. The summed E-state index contributed by atoms with van der Waals surface area (Å²) in [5, 5.41) is 7.64. The van der Waals surface area contributed by atoms with Crippen LogP contribution in [-0.2, 0) is 0 Å². The molecule has 27 heavy (non-hydrogen) atoms. The SMILES string of the molecule is COc1ccc2oc(-c3noc(C(=O)NCCN4CCCC4)n3)c(C)c2c1. The van der Waals surface area contributed by atoms with E-state index in [1.807, 2.05) is 25.1 Å². The van der Waals surface area contributed by atoms with Crippen LogP contribution < -0.4 is 10.1 Å². The molecule has 0 unspecified atom stereocenters. The Morgan fingerprint density at radius 1 is 1.33 bits per heavy atom. The van der Waals surface area contributed by atoms with Gasteiger partial charge in [-0.15, -0.1) is 0 Å². The molecule has 0 atom stereocenters. The van der Waals surface area contributed by atoms with Gasteiger partial charge >= 0.3 is 11.8 Å². The molecule has 2 aromatic heterocycles. The number of ether oxygens (including phenoxy) is 1. The van der Waals surface area contributed by atoms with E-state index < -0.39 is 0 Å². The van der Waals surface area contributed by atoms with Crippen molar-refractivity contribution in [2.45, 2.75) is 19.8 Å². The summed E-state index contributed by atoms with van der Waals surface area (Å²) in [4.78, 5) is 18.8. The fourth-order valence-electron chi connectivity index (χ4n) is 3.36. The predicted octanol–water partition coefficient (Wildman–Crippen LogP) is 2.63. The Labute approximate surface area is 156 Å². The average molecular weight is 370 g/mol. The van der Waals surface area contributed by atoms with E-state index in [0.29, 0.717) is 17.9 Å². The van der Waals surface area contributed by atoms with Gasteiger partial charge in [0.2, 0.25) is 5.82 Å². The van der Waals surface area contributed by atoms with Crippen molar-refractivity contribution >= 4 is 16.9 Å². The third-order valence-electron chi connectivity index (χ3n) is 4.88. The summed E-state index contributed by atoms with van der Waals surface area (Å²) in [5.41, 5.74) is 1.57. The van der Waals surface area contributed by atoms with Crippen LogP contribution in [0.2, 0.25) is 0 Å². The first-order valence-electron chi connectivity index (χ1n) is 9.07. The number of fused-ring (bicyclic) bond motifs is 1. The highest BCUT2D eigenvalue weighted by molar-refractivity contribution is 5.91. The predicted molar refractivity (Wildman–Crippen MR) is 98.8 cm³/mol. The van der Waals surface area contributed by atoms with Crippen molar-refractivity contribution in [3.05, 3.63) is 29.7 Å². The molecule has 1 aliphatic heterocycles. The number of nitrogens with one attached hydrogen (secondary N) is 1. The molecule has 3 aromatic rings. The molecule has 142 valence electrons. The zero-order valence-corrected chi connectivity index (χ0v) is 15.4. The van der Waals surface area contributed by atoms with Crippen LogP contribution in [0.3, 0.4) is 0 Å². The molecule has 8 nitrogen and oxygen atoms in total. The summed E-state index contributed by atoms with van der Waals surface area (Å²) in [7, 11) is 1.62. The summed E-state index contributed by atoms with van der Waals surface area (Å²) < 4.78 is 16.2. The van der Waals surface area contributed by atoms with Crippen molar-refractivity contribution in [3.63, 3.8) is 0 Å². The number of nitrogens with zero attached hydrogens (tertiary/aromatic N) is 3. The fraction of sp³-hybridized carbons (Fsp3) is 0.421. The number of amides is 1. The van der Waals surface area contributed by atoms with Gasteiger partial charge in [0.05, 0.1) is 7.11 Å². The number of benzene rings is 1. The number of carbonyl (C=O) groups is 1. The number of furan rings is 1. The van der Waals surface area contributed by atoms with Gasteiger partial charge < -0.3 is 23.9 Å². The van der Waals surface area contributed by atoms with Gasteiger partial charge in [0.25, 0.3) is 0 Å². The number of methoxy groups -OCH3 is 1. The quantitative estimate of drug-likeness (QED) is 0.713. The van der Waals surface area contributed by atoms with Gasteiger partial charge in [0.15, 0.2) is 5.76 Å². The molecule has 1 aliphatic rings. The molecule has 1 saturated heterocycles. The molecule has 1 fully saturated rings. The van der Waals surface area contributed by atoms with Gasteiger partial charge in [-0.3, -0.25) is 4.79 Å². The average Bonchev–Trinajstić information content (AvgIpc) is 3.42. The van der Waals surface area contributed by atoms with Crippen molar-refractivity contribution in [2.24, 2.45) is 0 Å². The van der Waals surface area contributed by atoms with Crippen molar-refractivity contribution < 1.29 is 18.5 Å². The first-order chi connectivity index (χ1) is 13.2. The Balaban J connectivity index is 1.47. The Kier molecular flexibility index (Phi) is 4.81. The Morgan fingerprint density at radius 2 is 2.15 bits per heavy atom. The molecule has 1 amide bonds. The zero-order chi connectivity index (χ0) is 18.8. The van der Waals surface area contributed by atoms with E-state index in [2.05, 4.69) is 20.4 Å². The highest BCUT2D eigenvalue weighted by Gasteiger charge is 2.21. The van der Waals surface area contributed by atoms with Gasteiger partial charge in [-0.05, 0) is 51.1 Å². The third-order valence-corrected chi connectivity index (χ3v) is 4.88. The van der Waals surface area contributed by atoms with Crippen LogP contribution in [0.15, 0.2) is 27.1 Å². The first-order valence-corrected chi connectivity index (χ1v) is 9.07. The molecule has 0 spiro atoms. The molecule has 0 saturated carbocycles. The van der Waals surface area contributed by atoms with Gasteiger partial charge in [0.1, 0.15) is 11.3 Å². The van der Waals surface area contributed by atoms with E-state index in [9.17, 15) is 4.79 Å². The molecular formula is C19H22N4O4. The summed E-state index contributed by atoms with van der Waals surface area (Å²) in [6, 6.07) is 5.55. The Hall–Kier alpha value is -2.87. The molecule has 1 N–H and O–H groups in total. The minimum Gasteiger partial charge on any atom is -0.497 e. The van der Waals surface area contributed by atoms with Crippen LogP contribution in [0.25, 0.3) is 22.6 Å². The number of hydrogen-bond acceptors (Lipinski definition) is 7. The number of likely N-dealkylation sites (tertiary alicyclic amines) is 1. The van der Waals surface area contributed by atoms with E-state index in [1.54, 1.807) is 7.11 Å². The second-order valence-corrected chi connectivity index (χ2v) is 6.65. The maximum Gasteiger partial charge on any atom is 0.316 e. The van der Waals surface area contributed by atoms with Gasteiger partial charge in [0, 0.05) is 24.0 Å². The lowest BCUT2D eigenvalue weighted by atomic mass is 10.1. The lowest BCUT2D eigenvalue weighted by molar-refractivity contribution is 0.0906. The highest BCUT2D eigenvalue weighted by atomic mass is 16.5. The van der Waals surface area contributed by atoms with Crippen molar-refractivity contribution in [1.29, 1.82) is 0 Å². The lowest BCUT2D eigenvalue weighted by Crippen LogP contribution is -2.33. The van der Waals surface area contributed by atoms with Gasteiger partial charge in [-0.25, -0.2) is 0 Å². The van der Waals surface area contributed by atoms with E-state index in [1.165, 1.54) is 12.8 Å². The van der Waals surface area contributed by atoms with Crippen LogP contribution in [0.4, 0.5) is 0 Å². The summed E-state index contributed by atoms with van der Waals surface area (Å²) in [6.45, 7) is 5.48. The summed E-state index contributed by atoms with van der Waals surface area (Å²) >= 11 is 0. The number of aryl methyl sites for hydroxylation is 1. The first kappa shape index (κ1) is 17.5. The Morgan fingerprint density at radius 3 is 2.93 bits per heavy atom. The third kappa shape index (κ3) is 3.52. The second-order valence-electron chi connectivity index (χ2n) is 6.65. The molecule has 8 heteroatoms. The van der Waals surface area contributed by atoms with E-state index in [0.717, 1.165) is 36.3 Å². The minimum atomic E-state index is -0.372. The molecule has 0 aliphatic carbocycles. The number of carbonyl (C=O) groups excluding carboxylic acids is 1. The topological polar surface area (TPSA) is 93.6 Å². The molecule has 1 aromatic carbocycles. The maximum absolute atomic E-state index is 12.2. The standard InChI is InChI=1S/C19H22N4O4/c1-12-14-11-13(25-2)5-6-15(14)26-16(12)17-21-19(27-22-17)18(24)20-7-10-23-8-3-4-9-23/h5-6,11H,3-4,7-10H2,1-2H3,(H,20,24). The summed E-state index contributed by atoms with van der Waals surface area (Å²) in [5.74, 6) is 1.04. The number of hydrogen-bond donors (Lipinski definition) is 1. The van der Waals surface area contributed by atoms with Crippen molar-refractivity contribution in [2.75, 3.05) is 33.3 Å². The molecule has 4 rings (SSSR count). The maximum atomic E-state index is 12.2. The molecule has 3 heterocycles. The van der Waals surface area contributed by atoms with E-state index in [-0.39, 0.29) is 17.6 Å². The van der Waals surface area contributed by atoms with Crippen LogP contribution in [-0.4, -0.2) is 54.2 Å². The normalized spacial score (nSPS) is 14.7. The summed E-state index contributed by atoms with van der Waals surface area (Å²) in [6.07, 6.45) is 2.45. The van der Waals surface area contributed by atoms with Crippen molar-refractivity contribution in [3.8, 4) is 17.3 Å². The Bertz CT molecular complexity index is 956. The zero-order valence-electron chi connectivity index (χ0n) is 15.4. The van der Waals surface area contributed by atoms with Crippen molar-refractivity contribution in [1.82, 2.24) is 20.4 Å². The lowest BCUT2D eigenvalue weighted by Gasteiger charge is -2.13. The van der Waals surface area contributed by atoms with Crippen LogP contribution in [0.5, 0.6) is 5.75 Å². The van der Waals surface area contributed by atoms with Crippen LogP contribution in [0.1, 0.15) is 29.1 Å². The van der Waals surface area contributed by atoms with E-state index in [4.69, 9.17) is 13.7 Å². The van der Waals surface area contributed by atoms with Gasteiger partial charge in [-0.2, -0.15) is 4.98 Å². The fourth-order valence-corrected chi connectivity index (χ4v) is 3.36. The smallest absolute Gasteiger partial charge is 0.316 e. The molecular weight excluding hydrogens is 348 g/mol. The second kappa shape index (κ2) is 7.40. The van der Waals surface area contributed by atoms with Crippen LogP contribution in [0, 0.1) is 6.92 Å².